The van der Waals surface area contributed by atoms with Crippen molar-refractivity contribution < 1.29 is 19.1 Å². The van der Waals surface area contributed by atoms with Crippen molar-refractivity contribution in [3.05, 3.63) is 0 Å². The molecule has 0 N–H and O–H groups in total. The van der Waals surface area contributed by atoms with Crippen LogP contribution in [0.25, 0.3) is 0 Å². The number of likely N-dealkylation sites (tertiary alicyclic amines) is 2. The van der Waals surface area contributed by atoms with Crippen molar-refractivity contribution in [2.24, 2.45) is 0 Å². The molecule has 0 aromatic carbocycles. The molecular weight excluding hydrogens is 272 g/mol. The number of hydrogen-bond donors (Lipinski definition) is 0. The number of ether oxygens (including phenoxy) is 1. The summed E-state index contributed by atoms with van der Waals surface area (Å²) < 4.78 is 5.44. The van der Waals surface area contributed by atoms with Crippen molar-refractivity contribution in [2.45, 2.75) is 58.1 Å². The molecule has 0 radical (unpaired) electrons. The smallest absolute Gasteiger partial charge is 0.323 e. The van der Waals surface area contributed by atoms with Gasteiger partial charge in [0.25, 0.3) is 0 Å². The van der Waals surface area contributed by atoms with E-state index in [1.807, 2.05) is 25.7 Å². The average molecular weight is 296 g/mol. The van der Waals surface area contributed by atoms with E-state index in [4.69, 9.17) is 4.74 Å². The van der Waals surface area contributed by atoms with Crippen molar-refractivity contribution in [1.29, 1.82) is 0 Å². The van der Waals surface area contributed by atoms with Crippen molar-refractivity contribution in [2.75, 3.05) is 19.6 Å². The normalized spacial score (nSPS) is 24.0. The average Bonchev–Trinajstić information content (AvgIpc) is 2.93. The summed E-state index contributed by atoms with van der Waals surface area (Å²) in [5.41, 5.74) is -0.494. The molecule has 1 atom stereocenters. The van der Waals surface area contributed by atoms with Gasteiger partial charge in [0.15, 0.2) is 0 Å². The van der Waals surface area contributed by atoms with Crippen molar-refractivity contribution >= 4 is 17.8 Å². The van der Waals surface area contributed by atoms with E-state index in [0.29, 0.717) is 25.9 Å². The fourth-order valence-electron chi connectivity index (χ4n) is 2.83. The summed E-state index contributed by atoms with van der Waals surface area (Å²) in [6, 6.07) is -0.253. The van der Waals surface area contributed by atoms with Gasteiger partial charge in [-0.2, -0.15) is 0 Å². The van der Waals surface area contributed by atoms with Crippen LogP contribution in [0.4, 0.5) is 0 Å². The Morgan fingerprint density at radius 3 is 2.38 bits per heavy atom. The van der Waals surface area contributed by atoms with Crippen LogP contribution in [-0.4, -0.2) is 58.9 Å². The summed E-state index contributed by atoms with van der Waals surface area (Å²) in [6.45, 7) is 7.28. The van der Waals surface area contributed by atoms with Gasteiger partial charge in [-0.3, -0.25) is 24.2 Å². The zero-order valence-corrected chi connectivity index (χ0v) is 13.1. The molecule has 0 aromatic heterocycles. The number of nitrogens with zero attached hydrogens (tertiary/aromatic N) is 2. The van der Waals surface area contributed by atoms with E-state index in [0.717, 1.165) is 19.4 Å². The van der Waals surface area contributed by atoms with E-state index < -0.39 is 5.60 Å². The highest BCUT2D eigenvalue weighted by Gasteiger charge is 2.35. The lowest BCUT2D eigenvalue weighted by Crippen LogP contribution is -2.44. The predicted molar refractivity (Wildman–Crippen MR) is 76.4 cm³/mol. The minimum Gasteiger partial charge on any atom is -0.459 e. The lowest BCUT2D eigenvalue weighted by atomic mass is 10.1. The lowest BCUT2D eigenvalue weighted by molar-refractivity contribution is -0.160. The first kappa shape index (κ1) is 15.9. The Balaban J connectivity index is 1.89. The molecular formula is C15H24N2O4. The second kappa shape index (κ2) is 6.13. The molecule has 2 heterocycles. The highest BCUT2D eigenvalue weighted by Crippen LogP contribution is 2.21. The number of carbonyl (C=O) groups is 3. The fraction of sp³-hybridized carbons (Fsp3) is 0.800. The number of esters is 1. The van der Waals surface area contributed by atoms with Gasteiger partial charge in [-0.25, -0.2) is 0 Å². The van der Waals surface area contributed by atoms with Crippen molar-refractivity contribution in [3.63, 3.8) is 0 Å². The number of rotatable bonds is 4. The van der Waals surface area contributed by atoms with Gasteiger partial charge in [-0.15, -0.1) is 0 Å². The van der Waals surface area contributed by atoms with Crippen LogP contribution < -0.4 is 0 Å². The van der Waals surface area contributed by atoms with Crippen LogP contribution >= 0.6 is 0 Å². The number of carbonyl (C=O) groups excluding carboxylic acids is 3. The number of amides is 2. The molecule has 2 aliphatic rings. The molecule has 0 aromatic rings. The third-order valence-electron chi connectivity index (χ3n) is 3.81. The van der Waals surface area contributed by atoms with Crippen LogP contribution in [0.3, 0.4) is 0 Å². The molecule has 2 amide bonds. The molecule has 0 unspecified atom stereocenters. The molecule has 0 saturated carbocycles. The zero-order valence-electron chi connectivity index (χ0n) is 13.1. The molecule has 2 saturated heterocycles. The van der Waals surface area contributed by atoms with E-state index in [1.54, 1.807) is 0 Å². The molecule has 6 heteroatoms. The summed E-state index contributed by atoms with van der Waals surface area (Å²) in [5, 5.41) is 0. The van der Waals surface area contributed by atoms with Gasteiger partial charge in [0.1, 0.15) is 11.6 Å². The highest BCUT2D eigenvalue weighted by molar-refractivity contribution is 6.01. The molecule has 6 nitrogen and oxygen atoms in total. The molecule has 0 bridgehead atoms. The molecule has 118 valence electrons. The van der Waals surface area contributed by atoms with E-state index in [2.05, 4.69) is 0 Å². The zero-order chi connectivity index (χ0) is 15.6. The van der Waals surface area contributed by atoms with Gasteiger partial charge >= 0.3 is 5.97 Å². The van der Waals surface area contributed by atoms with Gasteiger partial charge in [-0.1, -0.05) is 0 Å². The van der Waals surface area contributed by atoms with Gasteiger partial charge in [0.05, 0.1) is 0 Å². The summed E-state index contributed by atoms with van der Waals surface area (Å²) in [6.07, 6.45) is 2.34. The van der Waals surface area contributed by atoms with Crippen molar-refractivity contribution in [3.8, 4) is 0 Å². The van der Waals surface area contributed by atoms with Crippen LogP contribution in [0.15, 0.2) is 0 Å². The van der Waals surface area contributed by atoms with Crippen LogP contribution in [0.5, 0.6) is 0 Å². The van der Waals surface area contributed by atoms with Gasteiger partial charge in [-0.05, 0) is 40.2 Å². The fourth-order valence-corrected chi connectivity index (χ4v) is 2.83. The first-order valence-electron chi connectivity index (χ1n) is 7.58. The third kappa shape index (κ3) is 4.03. The standard InChI is InChI=1S/C15H24N2O4/c1-15(2,3)21-14(20)11-5-4-8-16(11)9-10-17-12(18)6-7-13(17)19/h11H,4-10H2,1-3H3/t11-/m1/s1. The van der Waals surface area contributed by atoms with Crippen LogP contribution in [0.1, 0.15) is 46.5 Å². The van der Waals surface area contributed by atoms with E-state index in [9.17, 15) is 14.4 Å². The summed E-state index contributed by atoms with van der Waals surface area (Å²) in [7, 11) is 0. The van der Waals surface area contributed by atoms with E-state index >= 15 is 0 Å². The van der Waals surface area contributed by atoms with Crippen molar-refractivity contribution in [1.82, 2.24) is 9.80 Å². The van der Waals surface area contributed by atoms with Gasteiger partial charge in [0, 0.05) is 25.9 Å². The third-order valence-corrected chi connectivity index (χ3v) is 3.81. The predicted octanol–water partition coefficient (Wildman–Crippen LogP) is 0.942. The molecule has 2 rings (SSSR count). The largest absolute Gasteiger partial charge is 0.459 e. The minimum absolute atomic E-state index is 0.104. The molecule has 0 spiro atoms. The SMILES string of the molecule is CC(C)(C)OC(=O)[C@H]1CCCN1CCN1C(=O)CCC1=O. The monoisotopic (exact) mass is 296 g/mol. The summed E-state index contributed by atoms with van der Waals surface area (Å²) in [4.78, 5) is 38.7. The second-order valence-electron chi connectivity index (χ2n) is 6.67. The van der Waals surface area contributed by atoms with Crippen LogP contribution in [0.2, 0.25) is 0 Å². The van der Waals surface area contributed by atoms with E-state index in [1.165, 1.54) is 4.90 Å². The maximum atomic E-state index is 12.2. The summed E-state index contributed by atoms with van der Waals surface area (Å²) >= 11 is 0. The number of imide groups is 1. The Morgan fingerprint density at radius 1 is 1.19 bits per heavy atom. The summed E-state index contributed by atoms with van der Waals surface area (Å²) in [5.74, 6) is -0.417. The van der Waals surface area contributed by atoms with Gasteiger partial charge in [0.2, 0.25) is 11.8 Å². The first-order chi connectivity index (χ1) is 9.78. The Kier molecular flexibility index (Phi) is 4.66. The molecule has 2 fully saturated rings. The molecule has 21 heavy (non-hydrogen) atoms. The lowest BCUT2D eigenvalue weighted by Gasteiger charge is -2.28. The first-order valence-corrected chi connectivity index (χ1v) is 7.58. The Bertz CT molecular complexity index is 425. The second-order valence-corrected chi connectivity index (χ2v) is 6.67. The quantitative estimate of drug-likeness (QED) is 0.570. The highest BCUT2D eigenvalue weighted by atomic mass is 16.6. The van der Waals surface area contributed by atoms with Crippen LogP contribution in [-0.2, 0) is 19.1 Å². The molecule has 2 aliphatic heterocycles. The Hall–Kier alpha value is -1.43. The topological polar surface area (TPSA) is 66.9 Å². The Morgan fingerprint density at radius 2 is 1.81 bits per heavy atom. The molecule has 0 aliphatic carbocycles. The Labute approximate surface area is 125 Å². The minimum atomic E-state index is -0.494. The van der Waals surface area contributed by atoms with Crippen LogP contribution in [0, 0.1) is 0 Å². The van der Waals surface area contributed by atoms with Gasteiger partial charge < -0.3 is 4.74 Å². The van der Waals surface area contributed by atoms with E-state index in [-0.39, 0.29) is 23.8 Å². The maximum absolute atomic E-state index is 12.2. The number of hydrogen-bond acceptors (Lipinski definition) is 5. The maximum Gasteiger partial charge on any atom is 0.323 e.